The van der Waals surface area contributed by atoms with Gasteiger partial charge < -0.3 is 15.6 Å². The number of halogens is 1. The predicted molar refractivity (Wildman–Crippen MR) is 78.4 cm³/mol. The summed E-state index contributed by atoms with van der Waals surface area (Å²) in [4.78, 5) is 11.5. The van der Waals surface area contributed by atoms with E-state index in [0.29, 0.717) is 6.54 Å². The van der Waals surface area contributed by atoms with Gasteiger partial charge in [0.05, 0.1) is 11.4 Å². The molecule has 1 aliphatic heterocycles. The van der Waals surface area contributed by atoms with Gasteiger partial charge in [-0.25, -0.2) is 14.4 Å². The van der Waals surface area contributed by atoms with Gasteiger partial charge in [0.2, 0.25) is 0 Å². The predicted octanol–water partition coefficient (Wildman–Crippen LogP) is 2.35. The van der Waals surface area contributed by atoms with Crippen LogP contribution in [0.5, 0.6) is 0 Å². The molecule has 0 spiro atoms. The van der Waals surface area contributed by atoms with Crippen molar-refractivity contribution in [3.63, 3.8) is 0 Å². The first-order valence-electron chi connectivity index (χ1n) is 6.85. The smallest absolute Gasteiger partial charge is 0.142 e. The van der Waals surface area contributed by atoms with Crippen LogP contribution in [0.2, 0.25) is 0 Å². The van der Waals surface area contributed by atoms with E-state index in [4.69, 9.17) is 0 Å². The van der Waals surface area contributed by atoms with E-state index in [1.807, 2.05) is 18.3 Å². The van der Waals surface area contributed by atoms with E-state index in [0.717, 1.165) is 34.5 Å². The second kappa shape index (κ2) is 4.82. The van der Waals surface area contributed by atoms with Crippen LogP contribution in [0.4, 0.5) is 10.2 Å². The molecule has 4 rings (SSSR count). The summed E-state index contributed by atoms with van der Waals surface area (Å²) in [5, 5.41) is 7.56. The van der Waals surface area contributed by atoms with E-state index in [9.17, 15) is 4.39 Å². The molecule has 0 saturated carbocycles. The van der Waals surface area contributed by atoms with Crippen molar-refractivity contribution in [3.05, 3.63) is 53.7 Å². The van der Waals surface area contributed by atoms with Crippen molar-refractivity contribution in [1.29, 1.82) is 0 Å². The first-order valence-corrected chi connectivity index (χ1v) is 6.85. The van der Waals surface area contributed by atoms with E-state index < -0.39 is 0 Å². The number of anilines is 1. The molecule has 3 N–H and O–H groups in total. The highest BCUT2D eigenvalue weighted by atomic mass is 19.1. The van der Waals surface area contributed by atoms with E-state index in [-0.39, 0.29) is 11.9 Å². The van der Waals surface area contributed by atoms with Crippen molar-refractivity contribution in [3.8, 4) is 0 Å². The third-order valence-corrected chi connectivity index (χ3v) is 3.85. The van der Waals surface area contributed by atoms with Crippen LogP contribution in [0, 0.1) is 5.82 Å². The molecule has 1 aromatic carbocycles. The summed E-state index contributed by atoms with van der Waals surface area (Å²) >= 11 is 0. The molecule has 3 aromatic rings. The minimum atomic E-state index is -0.166. The lowest BCUT2D eigenvalue weighted by atomic mass is 9.96. The molecule has 6 heteroatoms. The zero-order valence-corrected chi connectivity index (χ0v) is 11.2. The SMILES string of the molecule is Fc1cccc2c1CNCC2Nc1ncnc2[nH]ccc12. The molecule has 0 fully saturated rings. The molecule has 1 aliphatic rings. The zero-order valence-electron chi connectivity index (χ0n) is 11.2. The molecule has 0 aliphatic carbocycles. The highest BCUT2D eigenvalue weighted by Gasteiger charge is 2.23. The number of benzene rings is 1. The Balaban J connectivity index is 1.73. The van der Waals surface area contributed by atoms with Crippen LogP contribution in [0.25, 0.3) is 11.0 Å². The summed E-state index contributed by atoms with van der Waals surface area (Å²) in [6, 6.07) is 7.13. The first-order chi connectivity index (χ1) is 10.3. The topological polar surface area (TPSA) is 65.6 Å². The number of aromatic nitrogens is 3. The fraction of sp³-hybridized carbons (Fsp3) is 0.200. The van der Waals surface area contributed by atoms with E-state index in [2.05, 4.69) is 25.6 Å². The number of hydrogen-bond donors (Lipinski definition) is 3. The van der Waals surface area contributed by atoms with Gasteiger partial charge in [-0.3, -0.25) is 0 Å². The standard InChI is InChI=1S/C15H14FN5/c16-12-3-1-2-9-11(12)6-17-7-13(9)21-15-10-4-5-18-14(10)19-8-20-15/h1-5,8,13,17H,6-7H2,(H2,18,19,20,21). The fourth-order valence-electron chi connectivity index (χ4n) is 2.82. The molecule has 0 saturated heterocycles. The van der Waals surface area contributed by atoms with E-state index in [1.54, 1.807) is 6.07 Å². The molecular formula is C15H14FN5. The molecule has 21 heavy (non-hydrogen) atoms. The van der Waals surface area contributed by atoms with Crippen molar-refractivity contribution in [2.24, 2.45) is 0 Å². The summed E-state index contributed by atoms with van der Waals surface area (Å²) in [5.74, 6) is 0.589. The van der Waals surface area contributed by atoms with Crippen LogP contribution in [-0.2, 0) is 6.54 Å². The van der Waals surface area contributed by atoms with E-state index in [1.165, 1.54) is 12.4 Å². The largest absolute Gasteiger partial charge is 0.361 e. The Bertz CT molecular complexity index is 798. The van der Waals surface area contributed by atoms with Gasteiger partial charge in [-0.2, -0.15) is 0 Å². The Morgan fingerprint density at radius 1 is 1.24 bits per heavy atom. The number of rotatable bonds is 2. The molecule has 0 amide bonds. The molecule has 5 nitrogen and oxygen atoms in total. The summed E-state index contributed by atoms with van der Waals surface area (Å²) in [6.45, 7) is 1.29. The highest BCUT2D eigenvalue weighted by Crippen LogP contribution is 2.28. The molecule has 0 radical (unpaired) electrons. The monoisotopic (exact) mass is 283 g/mol. The van der Waals surface area contributed by atoms with Crippen molar-refractivity contribution >= 4 is 16.9 Å². The van der Waals surface area contributed by atoms with Gasteiger partial charge in [-0.1, -0.05) is 12.1 Å². The average molecular weight is 283 g/mol. The van der Waals surface area contributed by atoms with Crippen molar-refractivity contribution in [1.82, 2.24) is 20.3 Å². The van der Waals surface area contributed by atoms with Gasteiger partial charge in [0.25, 0.3) is 0 Å². The minimum Gasteiger partial charge on any atom is -0.361 e. The number of nitrogens with zero attached hydrogens (tertiary/aromatic N) is 2. The van der Waals surface area contributed by atoms with Crippen LogP contribution in [0.1, 0.15) is 17.2 Å². The van der Waals surface area contributed by atoms with Gasteiger partial charge in [-0.15, -0.1) is 0 Å². The lowest BCUT2D eigenvalue weighted by molar-refractivity contribution is 0.532. The van der Waals surface area contributed by atoms with Gasteiger partial charge in [-0.05, 0) is 17.7 Å². The number of aromatic amines is 1. The molecular weight excluding hydrogens is 269 g/mol. The summed E-state index contributed by atoms with van der Waals surface area (Å²) < 4.78 is 13.9. The summed E-state index contributed by atoms with van der Waals surface area (Å²) in [7, 11) is 0. The lowest BCUT2D eigenvalue weighted by Crippen LogP contribution is -2.33. The Hall–Kier alpha value is -2.47. The lowest BCUT2D eigenvalue weighted by Gasteiger charge is -2.28. The average Bonchev–Trinajstić information content (AvgIpc) is 2.98. The second-order valence-electron chi connectivity index (χ2n) is 5.10. The first kappa shape index (κ1) is 12.3. The molecule has 0 bridgehead atoms. The van der Waals surface area contributed by atoms with Crippen molar-refractivity contribution in [2.75, 3.05) is 11.9 Å². The van der Waals surface area contributed by atoms with Crippen LogP contribution >= 0.6 is 0 Å². The maximum absolute atomic E-state index is 13.9. The number of nitrogens with one attached hydrogen (secondary N) is 3. The molecule has 1 unspecified atom stereocenters. The van der Waals surface area contributed by atoms with E-state index >= 15 is 0 Å². The minimum absolute atomic E-state index is 0.0163. The summed E-state index contributed by atoms with van der Waals surface area (Å²) in [6.07, 6.45) is 3.35. The van der Waals surface area contributed by atoms with Gasteiger partial charge in [0.15, 0.2) is 0 Å². The molecule has 2 aromatic heterocycles. The zero-order chi connectivity index (χ0) is 14.2. The highest BCUT2D eigenvalue weighted by molar-refractivity contribution is 5.86. The number of H-pyrrole nitrogens is 1. The quantitative estimate of drug-likeness (QED) is 0.675. The van der Waals surface area contributed by atoms with Gasteiger partial charge in [0, 0.05) is 24.8 Å². The third-order valence-electron chi connectivity index (χ3n) is 3.85. The van der Waals surface area contributed by atoms with Crippen LogP contribution < -0.4 is 10.6 Å². The van der Waals surface area contributed by atoms with Gasteiger partial charge >= 0.3 is 0 Å². The van der Waals surface area contributed by atoms with Crippen LogP contribution in [-0.4, -0.2) is 21.5 Å². The Morgan fingerprint density at radius 2 is 2.19 bits per heavy atom. The van der Waals surface area contributed by atoms with Crippen LogP contribution in [0.15, 0.2) is 36.8 Å². The van der Waals surface area contributed by atoms with Crippen molar-refractivity contribution in [2.45, 2.75) is 12.6 Å². The Morgan fingerprint density at radius 3 is 3.14 bits per heavy atom. The molecule has 106 valence electrons. The number of hydrogen-bond acceptors (Lipinski definition) is 4. The summed E-state index contributed by atoms with van der Waals surface area (Å²) in [5.41, 5.74) is 2.49. The van der Waals surface area contributed by atoms with Crippen molar-refractivity contribution < 1.29 is 4.39 Å². The van der Waals surface area contributed by atoms with Crippen LogP contribution in [0.3, 0.4) is 0 Å². The molecule has 3 heterocycles. The third kappa shape index (κ3) is 2.04. The second-order valence-corrected chi connectivity index (χ2v) is 5.10. The maximum Gasteiger partial charge on any atom is 0.142 e. The Labute approximate surface area is 120 Å². The maximum atomic E-state index is 13.9. The van der Waals surface area contributed by atoms with Gasteiger partial charge in [0.1, 0.15) is 23.6 Å². The normalized spacial score (nSPS) is 17.7. The molecule has 1 atom stereocenters. The Kier molecular flexibility index (Phi) is 2.82. The number of fused-ring (bicyclic) bond motifs is 2. The fourth-order valence-corrected chi connectivity index (χ4v) is 2.82.